The Hall–Kier alpha value is -1.12. The van der Waals surface area contributed by atoms with E-state index >= 15 is 0 Å². The van der Waals surface area contributed by atoms with Crippen LogP contribution in [-0.4, -0.2) is 0 Å². The monoisotopic (exact) mass is 249 g/mol. The molecule has 82 valence electrons. The molecule has 0 aliphatic carbocycles. The van der Waals surface area contributed by atoms with Gasteiger partial charge in [0.05, 0.1) is 5.02 Å². The van der Waals surface area contributed by atoms with Crippen molar-refractivity contribution in [3.8, 4) is 0 Å². The van der Waals surface area contributed by atoms with Crippen LogP contribution < -0.4 is 5.73 Å². The zero-order chi connectivity index (χ0) is 11.5. The molecule has 0 fully saturated rings. The van der Waals surface area contributed by atoms with Gasteiger partial charge in [-0.2, -0.15) is 0 Å². The molecule has 2 N–H and O–H groups in total. The molecule has 0 aliphatic heterocycles. The summed E-state index contributed by atoms with van der Waals surface area (Å²) in [5.74, 6) is 0. The van der Waals surface area contributed by atoms with Crippen molar-refractivity contribution in [2.45, 2.75) is 16.7 Å². The van der Waals surface area contributed by atoms with E-state index in [1.165, 1.54) is 10.5 Å². The maximum Gasteiger partial charge on any atom is 0.0565 e. The molecule has 2 rings (SSSR count). The SMILES string of the molecule is Cc1ccc(Sc2ccc(N)cc2Cl)cc1. The summed E-state index contributed by atoms with van der Waals surface area (Å²) in [6, 6.07) is 13.9. The number of nitrogen functional groups attached to an aromatic ring is 1. The zero-order valence-electron chi connectivity index (χ0n) is 8.91. The smallest absolute Gasteiger partial charge is 0.0565 e. The van der Waals surface area contributed by atoms with Gasteiger partial charge in [0.25, 0.3) is 0 Å². The van der Waals surface area contributed by atoms with E-state index < -0.39 is 0 Å². The quantitative estimate of drug-likeness (QED) is 0.800. The number of hydrogen-bond acceptors (Lipinski definition) is 2. The molecule has 0 heterocycles. The third-order valence-corrected chi connectivity index (χ3v) is 3.71. The number of halogens is 1. The molecule has 0 spiro atoms. The first-order chi connectivity index (χ1) is 7.65. The summed E-state index contributed by atoms with van der Waals surface area (Å²) in [5, 5.41) is 0.700. The summed E-state index contributed by atoms with van der Waals surface area (Å²) >= 11 is 7.75. The first-order valence-electron chi connectivity index (χ1n) is 4.95. The fourth-order valence-corrected chi connectivity index (χ4v) is 2.46. The number of rotatable bonds is 2. The van der Waals surface area contributed by atoms with Gasteiger partial charge in [-0.25, -0.2) is 0 Å². The lowest BCUT2D eigenvalue weighted by molar-refractivity contribution is 1.36. The normalized spacial score (nSPS) is 10.4. The van der Waals surface area contributed by atoms with Crippen LogP contribution in [0.4, 0.5) is 5.69 Å². The van der Waals surface area contributed by atoms with E-state index in [9.17, 15) is 0 Å². The summed E-state index contributed by atoms with van der Waals surface area (Å²) in [5.41, 5.74) is 7.60. The van der Waals surface area contributed by atoms with Crippen LogP contribution in [0.5, 0.6) is 0 Å². The second kappa shape index (κ2) is 4.81. The summed E-state index contributed by atoms with van der Waals surface area (Å²) in [4.78, 5) is 2.21. The standard InChI is InChI=1S/C13H12ClNS/c1-9-2-5-11(6-3-9)16-13-7-4-10(15)8-12(13)14/h2-8H,15H2,1H3. The summed E-state index contributed by atoms with van der Waals surface area (Å²) in [6.45, 7) is 2.07. The van der Waals surface area contributed by atoms with Crippen LogP contribution in [0.3, 0.4) is 0 Å². The van der Waals surface area contributed by atoms with Crippen molar-refractivity contribution >= 4 is 29.1 Å². The van der Waals surface area contributed by atoms with E-state index in [4.69, 9.17) is 17.3 Å². The first kappa shape index (κ1) is 11.4. The molecule has 2 aromatic rings. The predicted octanol–water partition coefficient (Wildman–Crippen LogP) is 4.38. The molecular weight excluding hydrogens is 238 g/mol. The Kier molecular flexibility index (Phi) is 3.42. The van der Waals surface area contributed by atoms with E-state index in [0.29, 0.717) is 10.7 Å². The lowest BCUT2D eigenvalue weighted by Gasteiger charge is -2.05. The van der Waals surface area contributed by atoms with E-state index in [0.717, 1.165) is 4.90 Å². The Balaban J connectivity index is 2.23. The van der Waals surface area contributed by atoms with Gasteiger partial charge >= 0.3 is 0 Å². The highest BCUT2D eigenvalue weighted by Gasteiger charge is 2.02. The van der Waals surface area contributed by atoms with Gasteiger partial charge in [-0.15, -0.1) is 0 Å². The summed E-state index contributed by atoms with van der Waals surface area (Å²) < 4.78 is 0. The molecule has 3 heteroatoms. The van der Waals surface area contributed by atoms with Crippen LogP contribution in [-0.2, 0) is 0 Å². The van der Waals surface area contributed by atoms with Crippen molar-refractivity contribution in [1.29, 1.82) is 0 Å². The molecule has 0 saturated heterocycles. The van der Waals surface area contributed by atoms with Crippen LogP contribution in [0, 0.1) is 6.92 Å². The molecule has 1 nitrogen and oxygen atoms in total. The molecule has 0 radical (unpaired) electrons. The van der Waals surface area contributed by atoms with Gasteiger partial charge in [-0.05, 0) is 37.3 Å². The Bertz CT molecular complexity index is 494. The van der Waals surface area contributed by atoms with Gasteiger partial charge in [-0.1, -0.05) is 41.1 Å². The number of hydrogen-bond donors (Lipinski definition) is 1. The minimum absolute atomic E-state index is 0.693. The van der Waals surface area contributed by atoms with Gasteiger partial charge in [0, 0.05) is 15.5 Å². The molecule has 0 unspecified atom stereocenters. The zero-order valence-corrected chi connectivity index (χ0v) is 10.5. The van der Waals surface area contributed by atoms with Crippen LogP contribution in [0.1, 0.15) is 5.56 Å². The number of benzene rings is 2. The molecule has 0 bridgehead atoms. The van der Waals surface area contributed by atoms with E-state index in [1.54, 1.807) is 17.8 Å². The third kappa shape index (κ3) is 2.71. The highest BCUT2D eigenvalue weighted by Crippen LogP contribution is 2.34. The average molecular weight is 250 g/mol. The minimum atomic E-state index is 0.693. The van der Waals surface area contributed by atoms with Crippen LogP contribution >= 0.6 is 23.4 Å². The molecule has 0 aromatic heterocycles. The van der Waals surface area contributed by atoms with Crippen LogP contribution in [0.25, 0.3) is 0 Å². The van der Waals surface area contributed by atoms with Gasteiger partial charge in [0.2, 0.25) is 0 Å². The Morgan fingerprint density at radius 1 is 1.06 bits per heavy atom. The van der Waals surface area contributed by atoms with E-state index in [-0.39, 0.29) is 0 Å². The first-order valence-corrected chi connectivity index (χ1v) is 6.14. The van der Waals surface area contributed by atoms with Crippen molar-refractivity contribution in [2.75, 3.05) is 5.73 Å². The molecule has 0 saturated carbocycles. The maximum absolute atomic E-state index is 6.11. The maximum atomic E-state index is 6.11. The van der Waals surface area contributed by atoms with Crippen molar-refractivity contribution in [2.24, 2.45) is 0 Å². The number of aryl methyl sites for hydroxylation is 1. The Morgan fingerprint density at radius 2 is 1.75 bits per heavy atom. The fraction of sp³-hybridized carbons (Fsp3) is 0.0769. The van der Waals surface area contributed by atoms with Crippen molar-refractivity contribution in [3.63, 3.8) is 0 Å². The van der Waals surface area contributed by atoms with E-state index in [2.05, 4.69) is 31.2 Å². The van der Waals surface area contributed by atoms with Crippen molar-refractivity contribution in [3.05, 3.63) is 53.1 Å². The molecule has 16 heavy (non-hydrogen) atoms. The van der Waals surface area contributed by atoms with Crippen molar-refractivity contribution in [1.82, 2.24) is 0 Å². The minimum Gasteiger partial charge on any atom is -0.399 e. The Labute approximate surface area is 105 Å². The van der Waals surface area contributed by atoms with Crippen LogP contribution in [0.2, 0.25) is 5.02 Å². The summed E-state index contributed by atoms with van der Waals surface area (Å²) in [7, 11) is 0. The highest BCUT2D eigenvalue weighted by molar-refractivity contribution is 7.99. The second-order valence-corrected chi connectivity index (χ2v) is 5.13. The molecule has 0 amide bonds. The Morgan fingerprint density at radius 3 is 2.38 bits per heavy atom. The molecular formula is C13H12ClNS. The largest absolute Gasteiger partial charge is 0.399 e. The third-order valence-electron chi connectivity index (χ3n) is 2.20. The second-order valence-electron chi connectivity index (χ2n) is 3.60. The van der Waals surface area contributed by atoms with Crippen molar-refractivity contribution < 1.29 is 0 Å². The van der Waals surface area contributed by atoms with Crippen LogP contribution in [0.15, 0.2) is 52.3 Å². The predicted molar refractivity (Wildman–Crippen MR) is 71.2 cm³/mol. The van der Waals surface area contributed by atoms with Gasteiger partial charge < -0.3 is 5.73 Å². The number of nitrogens with two attached hydrogens (primary N) is 1. The number of anilines is 1. The fourth-order valence-electron chi connectivity index (χ4n) is 1.33. The highest BCUT2D eigenvalue weighted by atomic mass is 35.5. The molecule has 2 aromatic carbocycles. The van der Waals surface area contributed by atoms with Gasteiger partial charge in [0.15, 0.2) is 0 Å². The lowest BCUT2D eigenvalue weighted by atomic mass is 10.2. The average Bonchev–Trinajstić information content (AvgIpc) is 2.25. The lowest BCUT2D eigenvalue weighted by Crippen LogP contribution is -1.84. The molecule has 0 aliphatic rings. The molecule has 0 atom stereocenters. The summed E-state index contributed by atoms with van der Waals surface area (Å²) in [6.07, 6.45) is 0. The van der Waals surface area contributed by atoms with Gasteiger partial charge in [-0.3, -0.25) is 0 Å². The van der Waals surface area contributed by atoms with E-state index in [1.807, 2.05) is 12.1 Å². The topological polar surface area (TPSA) is 26.0 Å². The van der Waals surface area contributed by atoms with Gasteiger partial charge in [0.1, 0.15) is 0 Å².